The van der Waals surface area contributed by atoms with E-state index in [1.807, 2.05) is 19.9 Å². The maximum absolute atomic E-state index is 12.9. The molecule has 3 rings (SSSR count). The zero-order valence-corrected chi connectivity index (χ0v) is 16.3. The van der Waals surface area contributed by atoms with Crippen LogP contribution in [0.15, 0.2) is 77.0 Å². The quantitative estimate of drug-likeness (QED) is 0.586. The van der Waals surface area contributed by atoms with E-state index in [1.54, 1.807) is 54.6 Å². The first-order chi connectivity index (χ1) is 14.0. The number of hydrogen-bond donors (Lipinski definition) is 2. The molecule has 0 saturated heterocycles. The number of carbonyl (C=O) groups excluding carboxylic acids is 2. The van der Waals surface area contributed by atoms with Crippen LogP contribution in [0.3, 0.4) is 0 Å². The topological polar surface area (TPSA) is 80.6 Å². The second-order valence-electron chi connectivity index (χ2n) is 6.31. The summed E-state index contributed by atoms with van der Waals surface area (Å²) in [6.07, 6.45) is 2.98. The van der Waals surface area contributed by atoms with Gasteiger partial charge >= 0.3 is 0 Å². The molecule has 1 aromatic heterocycles. The lowest BCUT2D eigenvalue weighted by Crippen LogP contribution is -2.30. The Bertz CT molecular complexity index is 1020. The number of furan rings is 1. The van der Waals surface area contributed by atoms with E-state index in [4.69, 9.17) is 9.15 Å². The van der Waals surface area contributed by atoms with E-state index in [1.165, 1.54) is 12.3 Å². The summed E-state index contributed by atoms with van der Waals surface area (Å²) in [7, 11) is 0. The Morgan fingerprint density at radius 3 is 2.62 bits per heavy atom. The third-order valence-electron chi connectivity index (χ3n) is 4.01. The largest absolute Gasteiger partial charge is 0.494 e. The third-order valence-corrected chi connectivity index (χ3v) is 4.01. The molecule has 0 unspecified atom stereocenters. The first kappa shape index (κ1) is 19.9. The van der Waals surface area contributed by atoms with Crippen LogP contribution in [0, 0.1) is 6.92 Å². The van der Waals surface area contributed by atoms with E-state index in [0.29, 0.717) is 29.4 Å². The van der Waals surface area contributed by atoms with E-state index >= 15 is 0 Å². The number of ether oxygens (including phenoxy) is 1. The van der Waals surface area contributed by atoms with Crippen LogP contribution < -0.4 is 15.4 Å². The Balaban J connectivity index is 1.82. The predicted molar refractivity (Wildman–Crippen MR) is 112 cm³/mol. The van der Waals surface area contributed by atoms with Gasteiger partial charge in [-0.05, 0) is 50.2 Å². The standard InChI is InChI=1S/C23H22N2O4/c1-3-28-19-10-5-9-18(14-19)24-23(27)21(15-20-11-6-12-29-20)25-22(26)17-8-4-7-16(2)13-17/h4-15H,3H2,1-2H3,(H,24,27)(H,25,26)/b21-15-. The molecule has 0 atom stereocenters. The Morgan fingerprint density at radius 1 is 1.07 bits per heavy atom. The average Bonchev–Trinajstić information content (AvgIpc) is 3.21. The molecule has 29 heavy (non-hydrogen) atoms. The summed E-state index contributed by atoms with van der Waals surface area (Å²) in [5, 5.41) is 5.46. The molecule has 0 bridgehead atoms. The fourth-order valence-electron chi connectivity index (χ4n) is 2.68. The number of aryl methyl sites for hydroxylation is 1. The van der Waals surface area contributed by atoms with Gasteiger partial charge in [0.15, 0.2) is 0 Å². The van der Waals surface area contributed by atoms with Crippen LogP contribution in [0.5, 0.6) is 5.75 Å². The van der Waals surface area contributed by atoms with Crippen molar-refractivity contribution < 1.29 is 18.7 Å². The van der Waals surface area contributed by atoms with Crippen LogP contribution in [-0.4, -0.2) is 18.4 Å². The molecule has 148 valence electrons. The monoisotopic (exact) mass is 390 g/mol. The smallest absolute Gasteiger partial charge is 0.272 e. The summed E-state index contributed by atoms with van der Waals surface area (Å²) >= 11 is 0. The van der Waals surface area contributed by atoms with Gasteiger partial charge in [0.2, 0.25) is 0 Å². The van der Waals surface area contributed by atoms with Crippen molar-refractivity contribution >= 4 is 23.6 Å². The van der Waals surface area contributed by atoms with Crippen molar-refractivity contribution in [1.82, 2.24) is 5.32 Å². The zero-order valence-electron chi connectivity index (χ0n) is 16.3. The van der Waals surface area contributed by atoms with Gasteiger partial charge in [-0.25, -0.2) is 0 Å². The Morgan fingerprint density at radius 2 is 1.90 bits per heavy atom. The van der Waals surface area contributed by atoms with Crippen molar-refractivity contribution in [2.45, 2.75) is 13.8 Å². The molecule has 3 aromatic rings. The Hall–Kier alpha value is -3.80. The molecule has 2 aromatic carbocycles. The minimum Gasteiger partial charge on any atom is -0.494 e. The highest BCUT2D eigenvalue weighted by Crippen LogP contribution is 2.18. The first-order valence-corrected chi connectivity index (χ1v) is 9.22. The molecule has 2 amide bonds. The number of anilines is 1. The SMILES string of the molecule is CCOc1cccc(NC(=O)/C(=C/c2ccco2)NC(=O)c2cccc(C)c2)c1. The number of carbonyl (C=O) groups is 2. The van der Waals surface area contributed by atoms with E-state index in [9.17, 15) is 9.59 Å². The fourth-order valence-corrected chi connectivity index (χ4v) is 2.68. The molecule has 0 aliphatic rings. The van der Waals surface area contributed by atoms with Gasteiger partial charge in [0.05, 0.1) is 12.9 Å². The van der Waals surface area contributed by atoms with Crippen molar-refractivity contribution in [2.75, 3.05) is 11.9 Å². The minimum absolute atomic E-state index is 0.0632. The summed E-state index contributed by atoms with van der Waals surface area (Å²) < 4.78 is 10.8. The van der Waals surface area contributed by atoms with Crippen molar-refractivity contribution in [3.8, 4) is 5.75 Å². The summed E-state index contributed by atoms with van der Waals surface area (Å²) in [4.78, 5) is 25.5. The van der Waals surface area contributed by atoms with Crippen LogP contribution in [0.1, 0.15) is 28.6 Å². The maximum atomic E-state index is 12.9. The average molecular weight is 390 g/mol. The molecule has 0 radical (unpaired) electrons. The first-order valence-electron chi connectivity index (χ1n) is 9.22. The van der Waals surface area contributed by atoms with Gasteiger partial charge in [-0.2, -0.15) is 0 Å². The molecule has 0 aliphatic carbocycles. The molecule has 0 fully saturated rings. The number of rotatable bonds is 7. The zero-order chi connectivity index (χ0) is 20.6. The number of nitrogens with one attached hydrogen (secondary N) is 2. The molecule has 6 heteroatoms. The fraction of sp³-hybridized carbons (Fsp3) is 0.130. The molecular weight excluding hydrogens is 368 g/mol. The minimum atomic E-state index is -0.476. The lowest BCUT2D eigenvalue weighted by Gasteiger charge is -2.12. The van der Waals surface area contributed by atoms with Crippen molar-refractivity contribution in [1.29, 1.82) is 0 Å². The van der Waals surface area contributed by atoms with Crippen molar-refractivity contribution in [2.24, 2.45) is 0 Å². The molecule has 1 heterocycles. The van der Waals surface area contributed by atoms with Crippen LogP contribution >= 0.6 is 0 Å². The summed E-state index contributed by atoms with van der Waals surface area (Å²) in [6, 6.07) is 17.6. The van der Waals surface area contributed by atoms with Crippen LogP contribution in [0.2, 0.25) is 0 Å². The second-order valence-corrected chi connectivity index (χ2v) is 6.31. The predicted octanol–water partition coefficient (Wildman–Crippen LogP) is 4.40. The van der Waals surface area contributed by atoms with E-state index in [2.05, 4.69) is 10.6 Å². The van der Waals surface area contributed by atoms with Gasteiger partial charge < -0.3 is 19.8 Å². The van der Waals surface area contributed by atoms with Crippen LogP contribution in [0.4, 0.5) is 5.69 Å². The summed E-state index contributed by atoms with van der Waals surface area (Å²) in [6.45, 7) is 4.30. The number of hydrogen-bond acceptors (Lipinski definition) is 4. The third kappa shape index (κ3) is 5.59. The number of benzene rings is 2. The summed E-state index contributed by atoms with van der Waals surface area (Å²) in [5.41, 5.74) is 2.03. The molecule has 0 spiro atoms. The molecular formula is C23H22N2O4. The lowest BCUT2D eigenvalue weighted by molar-refractivity contribution is -0.113. The van der Waals surface area contributed by atoms with Crippen LogP contribution in [-0.2, 0) is 4.79 Å². The maximum Gasteiger partial charge on any atom is 0.272 e. The van der Waals surface area contributed by atoms with Crippen molar-refractivity contribution in [3.05, 3.63) is 89.5 Å². The Kier molecular flexibility index (Phi) is 6.47. The van der Waals surface area contributed by atoms with Gasteiger partial charge in [-0.15, -0.1) is 0 Å². The van der Waals surface area contributed by atoms with E-state index < -0.39 is 5.91 Å². The number of amides is 2. The van der Waals surface area contributed by atoms with Gasteiger partial charge in [0.25, 0.3) is 11.8 Å². The van der Waals surface area contributed by atoms with Gasteiger partial charge in [-0.1, -0.05) is 23.8 Å². The highest BCUT2D eigenvalue weighted by atomic mass is 16.5. The Labute approximate surface area is 169 Å². The highest BCUT2D eigenvalue weighted by Gasteiger charge is 2.16. The second kappa shape index (κ2) is 9.41. The highest BCUT2D eigenvalue weighted by molar-refractivity contribution is 6.10. The van der Waals surface area contributed by atoms with Gasteiger partial charge in [-0.3, -0.25) is 9.59 Å². The lowest BCUT2D eigenvalue weighted by atomic mass is 10.1. The normalized spacial score (nSPS) is 11.0. The van der Waals surface area contributed by atoms with Gasteiger partial charge in [0.1, 0.15) is 17.2 Å². The van der Waals surface area contributed by atoms with E-state index in [-0.39, 0.29) is 11.6 Å². The summed E-state index contributed by atoms with van der Waals surface area (Å²) in [5.74, 6) is 0.231. The molecule has 0 saturated carbocycles. The van der Waals surface area contributed by atoms with E-state index in [0.717, 1.165) is 5.56 Å². The van der Waals surface area contributed by atoms with Crippen LogP contribution in [0.25, 0.3) is 6.08 Å². The molecule has 0 aliphatic heterocycles. The van der Waals surface area contributed by atoms with Gasteiger partial charge in [0, 0.05) is 23.4 Å². The molecule has 6 nitrogen and oxygen atoms in total. The van der Waals surface area contributed by atoms with Crippen molar-refractivity contribution in [3.63, 3.8) is 0 Å². The molecule has 2 N–H and O–H groups in total.